The molecule has 0 saturated heterocycles. The number of ketones is 1. The second-order valence-corrected chi connectivity index (χ2v) is 9.30. The van der Waals surface area contributed by atoms with Gasteiger partial charge in [0.25, 0.3) is 0 Å². The third-order valence-corrected chi connectivity index (χ3v) is 6.59. The Morgan fingerprint density at radius 1 is 0.971 bits per heavy atom. The Balaban J connectivity index is 0.000000350. The summed E-state index contributed by atoms with van der Waals surface area (Å²) in [6.07, 6.45) is 7.88. The molecule has 0 bridgehead atoms. The van der Waals surface area contributed by atoms with Crippen molar-refractivity contribution in [2.75, 3.05) is 6.54 Å². The maximum atomic E-state index is 13.4. The maximum absolute atomic E-state index is 13.4. The van der Waals surface area contributed by atoms with Crippen molar-refractivity contribution < 1.29 is 29.5 Å². The first-order valence-electron chi connectivity index (χ1n) is 12.0. The van der Waals surface area contributed by atoms with Gasteiger partial charge in [0, 0.05) is 17.2 Å². The summed E-state index contributed by atoms with van der Waals surface area (Å²) in [5.74, 6) is -2.43. The molecule has 0 aliphatic heterocycles. The molecule has 0 spiro atoms. The average Bonchev–Trinajstić information content (AvgIpc) is 3.45. The van der Waals surface area contributed by atoms with Crippen LogP contribution in [0.3, 0.4) is 0 Å². The topological polar surface area (TPSA) is 98.9 Å². The van der Waals surface area contributed by atoms with E-state index in [4.69, 9.17) is 5.11 Å². The van der Waals surface area contributed by atoms with Crippen LogP contribution in [0.15, 0.2) is 48.6 Å². The Kier molecular flexibility index (Phi) is 8.77. The number of fused-ring (bicyclic) bond motifs is 2. The van der Waals surface area contributed by atoms with E-state index in [9.17, 15) is 19.5 Å². The number of nitrogens with one attached hydrogen (secondary N) is 1. The van der Waals surface area contributed by atoms with E-state index in [0.717, 1.165) is 37.8 Å². The third-order valence-electron chi connectivity index (χ3n) is 6.59. The zero-order valence-electron chi connectivity index (χ0n) is 19.9. The van der Waals surface area contributed by atoms with Gasteiger partial charge in [0.05, 0.1) is 12.0 Å². The zero-order valence-corrected chi connectivity index (χ0v) is 19.9. The van der Waals surface area contributed by atoms with Gasteiger partial charge in [-0.05, 0) is 80.7 Å². The molecule has 2 aliphatic carbocycles. The molecule has 180 valence electrons. The summed E-state index contributed by atoms with van der Waals surface area (Å²) in [6.45, 7) is 5.98. The lowest BCUT2D eigenvalue weighted by molar-refractivity contribution is -0.926. The van der Waals surface area contributed by atoms with Gasteiger partial charge in [-0.3, -0.25) is 4.79 Å². The Morgan fingerprint density at radius 2 is 1.56 bits per heavy atom. The van der Waals surface area contributed by atoms with Gasteiger partial charge in [-0.15, -0.1) is 0 Å². The van der Waals surface area contributed by atoms with Gasteiger partial charge in [-0.1, -0.05) is 36.4 Å². The second-order valence-electron chi connectivity index (χ2n) is 9.30. The summed E-state index contributed by atoms with van der Waals surface area (Å²) < 4.78 is 0. The molecule has 2 aromatic rings. The summed E-state index contributed by atoms with van der Waals surface area (Å²) in [5, 5.41) is 17.2. The number of benzene rings is 2. The minimum Gasteiger partial charge on any atom is -0.545 e. The molecule has 0 amide bonds. The summed E-state index contributed by atoms with van der Waals surface area (Å²) in [6, 6.07) is 13.4. The van der Waals surface area contributed by atoms with E-state index in [0.29, 0.717) is 30.5 Å². The van der Waals surface area contributed by atoms with E-state index in [1.807, 2.05) is 0 Å². The van der Waals surface area contributed by atoms with E-state index in [-0.39, 0.29) is 0 Å². The number of quaternary nitrogens is 1. The van der Waals surface area contributed by atoms with E-state index in [1.54, 1.807) is 0 Å². The van der Waals surface area contributed by atoms with Crippen LogP contribution in [0.5, 0.6) is 0 Å². The van der Waals surface area contributed by atoms with Gasteiger partial charge in [0.1, 0.15) is 13.1 Å². The summed E-state index contributed by atoms with van der Waals surface area (Å²) >= 11 is 0. The largest absolute Gasteiger partial charge is 0.545 e. The van der Waals surface area contributed by atoms with Crippen molar-refractivity contribution in [3.8, 4) is 0 Å². The molecule has 4 rings (SSSR count). The van der Waals surface area contributed by atoms with Crippen molar-refractivity contribution in [1.29, 1.82) is 0 Å². The van der Waals surface area contributed by atoms with Gasteiger partial charge in [0.15, 0.2) is 0 Å². The summed E-state index contributed by atoms with van der Waals surface area (Å²) in [7, 11) is 0. The van der Waals surface area contributed by atoms with Crippen LogP contribution in [-0.4, -0.2) is 35.4 Å². The van der Waals surface area contributed by atoms with Crippen LogP contribution in [0.4, 0.5) is 0 Å². The minimum atomic E-state index is -1.51. The quantitative estimate of drug-likeness (QED) is 0.459. The van der Waals surface area contributed by atoms with Crippen molar-refractivity contribution in [2.45, 2.75) is 65.0 Å². The number of carbonyl (C=O) groups is 3. The lowest BCUT2D eigenvalue weighted by Gasteiger charge is -2.24. The molecule has 0 fully saturated rings. The van der Waals surface area contributed by atoms with Gasteiger partial charge >= 0.3 is 5.97 Å². The number of carbonyl (C=O) groups excluding carboxylic acids is 2. The molecule has 0 heterocycles. The van der Waals surface area contributed by atoms with Gasteiger partial charge < -0.3 is 19.9 Å². The molecule has 1 atom stereocenters. The highest BCUT2D eigenvalue weighted by molar-refractivity contribution is 6.00. The number of carboxylic acid groups (broad SMARTS) is 2. The number of aliphatic carboxylic acids is 2. The molecule has 6 nitrogen and oxygen atoms in total. The SMILES string of the molecule is CC(C)[NH+](CC(=O)c1c2c(cc3c1CCC3)CCC2)Cc1ccccc1.O=C([O-])/C=C\C(=O)O. The van der Waals surface area contributed by atoms with Crippen LogP contribution >= 0.6 is 0 Å². The van der Waals surface area contributed by atoms with Crippen molar-refractivity contribution in [1.82, 2.24) is 0 Å². The first kappa shape index (κ1) is 25.4. The predicted octanol–water partition coefficient (Wildman–Crippen LogP) is 1.72. The normalized spacial score (nSPS) is 14.9. The number of hydrogen-bond acceptors (Lipinski definition) is 4. The molecule has 0 saturated carbocycles. The minimum absolute atomic E-state index is 0.376. The third kappa shape index (κ3) is 6.64. The highest BCUT2D eigenvalue weighted by Gasteiger charge is 2.29. The number of carboxylic acids is 2. The number of Topliss-reactive ketones (excluding diaryl/α,β-unsaturated/α-hetero) is 1. The molecule has 2 N–H and O–H groups in total. The number of hydrogen-bond donors (Lipinski definition) is 2. The fourth-order valence-corrected chi connectivity index (χ4v) is 4.92. The summed E-state index contributed by atoms with van der Waals surface area (Å²) in [5.41, 5.74) is 8.13. The fourth-order valence-electron chi connectivity index (χ4n) is 4.92. The average molecular weight is 464 g/mol. The van der Waals surface area contributed by atoms with Crippen molar-refractivity contribution in [3.05, 3.63) is 81.9 Å². The number of rotatable bonds is 8. The van der Waals surface area contributed by atoms with Crippen LogP contribution in [0, 0.1) is 0 Å². The lowest BCUT2D eigenvalue weighted by atomic mass is 9.91. The molecule has 0 radical (unpaired) electrons. The van der Waals surface area contributed by atoms with E-state index >= 15 is 0 Å². The molecular formula is C28H33NO5. The molecule has 1 unspecified atom stereocenters. The molecule has 34 heavy (non-hydrogen) atoms. The Labute approximate surface area is 200 Å². The molecular weight excluding hydrogens is 430 g/mol. The van der Waals surface area contributed by atoms with Crippen LogP contribution < -0.4 is 10.0 Å². The standard InChI is InChI=1S/C24H29NO.C4H4O4/c1-17(2)25(15-18-8-4-3-5-9-18)16-23(26)24-21-12-6-10-19(21)14-20-11-7-13-22(20)24;5-3(6)1-2-4(7)8/h3-5,8-9,14,17H,6-7,10-13,15-16H2,1-2H3;1-2H,(H,5,6)(H,7,8)/b;2-1-. The van der Waals surface area contributed by atoms with Gasteiger partial charge in [-0.2, -0.15) is 0 Å². The monoisotopic (exact) mass is 463 g/mol. The van der Waals surface area contributed by atoms with Crippen LogP contribution in [0.25, 0.3) is 0 Å². The zero-order chi connectivity index (χ0) is 24.7. The molecule has 2 aromatic carbocycles. The second kappa shape index (κ2) is 11.7. The summed E-state index contributed by atoms with van der Waals surface area (Å²) in [4.78, 5) is 33.8. The first-order valence-corrected chi connectivity index (χ1v) is 12.0. The lowest BCUT2D eigenvalue weighted by Crippen LogP contribution is -3.14. The van der Waals surface area contributed by atoms with Crippen LogP contribution in [0.2, 0.25) is 0 Å². The Morgan fingerprint density at radius 3 is 2.03 bits per heavy atom. The molecule has 6 heteroatoms. The van der Waals surface area contributed by atoms with Crippen LogP contribution in [0.1, 0.15) is 64.9 Å². The smallest absolute Gasteiger partial charge is 0.328 e. The highest BCUT2D eigenvalue weighted by Crippen LogP contribution is 2.35. The maximum Gasteiger partial charge on any atom is 0.328 e. The van der Waals surface area contributed by atoms with Gasteiger partial charge in [0.2, 0.25) is 5.78 Å². The first-order chi connectivity index (χ1) is 16.3. The Hall–Kier alpha value is -3.25. The van der Waals surface area contributed by atoms with Crippen LogP contribution in [-0.2, 0) is 41.8 Å². The van der Waals surface area contributed by atoms with Gasteiger partial charge in [-0.25, -0.2) is 4.79 Å². The number of aryl methyl sites for hydroxylation is 2. The molecule has 2 aliphatic rings. The van der Waals surface area contributed by atoms with E-state index in [1.165, 1.54) is 45.6 Å². The van der Waals surface area contributed by atoms with E-state index < -0.39 is 11.9 Å². The van der Waals surface area contributed by atoms with Crippen molar-refractivity contribution in [3.63, 3.8) is 0 Å². The predicted molar refractivity (Wildman–Crippen MR) is 128 cm³/mol. The van der Waals surface area contributed by atoms with E-state index in [2.05, 4.69) is 50.2 Å². The van der Waals surface area contributed by atoms with Crippen molar-refractivity contribution in [2.24, 2.45) is 0 Å². The highest BCUT2D eigenvalue weighted by atomic mass is 16.4. The fraction of sp³-hybridized carbons (Fsp3) is 0.393. The Bertz CT molecular complexity index is 1020. The van der Waals surface area contributed by atoms with Crippen molar-refractivity contribution >= 4 is 17.7 Å². The molecule has 0 aromatic heterocycles.